The molecule has 0 atom stereocenters. The second-order valence-electron chi connectivity index (χ2n) is 3.64. The van der Waals surface area contributed by atoms with Crippen molar-refractivity contribution < 1.29 is 4.79 Å². The van der Waals surface area contributed by atoms with E-state index in [0.29, 0.717) is 12.2 Å². The van der Waals surface area contributed by atoms with E-state index in [-0.39, 0.29) is 5.91 Å². The van der Waals surface area contributed by atoms with E-state index in [1.165, 1.54) is 0 Å². The molecule has 0 aliphatic carbocycles. The summed E-state index contributed by atoms with van der Waals surface area (Å²) in [5.74, 6) is 0.686. The van der Waals surface area contributed by atoms with E-state index in [1.807, 2.05) is 13.0 Å². The van der Waals surface area contributed by atoms with Gasteiger partial charge in [0, 0.05) is 18.2 Å². The second-order valence-corrected chi connectivity index (χ2v) is 3.64. The monoisotopic (exact) mass is 209 g/mol. The van der Waals surface area contributed by atoms with E-state index in [1.54, 1.807) is 0 Å². The number of aromatic amines is 1. The first-order chi connectivity index (χ1) is 7.26. The van der Waals surface area contributed by atoms with Crippen LogP contribution in [0.2, 0.25) is 0 Å². The molecule has 0 radical (unpaired) electrons. The number of nitrogens with zero attached hydrogens (tertiary/aromatic N) is 1. The molecule has 1 aromatic rings. The first-order valence-electron chi connectivity index (χ1n) is 5.60. The summed E-state index contributed by atoms with van der Waals surface area (Å²) in [6.45, 7) is 4.17. The average molecular weight is 209 g/mol. The van der Waals surface area contributed by atoms with E-state index >= 15 is 0 Å². The van der Waals surface area contributed by atoms with E-state index in [2.05, 4.69) is 22.4 Å². The molecule has 84 valence electrons. The van der Waals surface area contributed by atoms with Crippen molar-refractivity contribution in [2.45, 2.75) is 46.0 Å². The van der Waals surface area contributed by atoms with Crippen LogP contribution in [-0.2, 0) is 11.2 Å². The molecule has 0 spiro atoms. The quantitative estimate of drug-likeness (QED) is 0.707. The third-order valence-corrected chi connectivity index (χ3v) is 2.29. The molecule has 0 aliphatic rings. The molecule has 0 unspecified atom stereocenters. The molecule has 1 amide bonds. The fourth-order valence-corrected chi connectivity index (χ4v) is 1.35. The van der Waals surface area contributed by atoms with Gasteiger partial charge in [-0.15, -0.1) is 0 Å². The highest BCUT2D eigenvalue weighted by atomic mass is 16.1. The number of anilines is 1. The molecule has 0 saturated heterocycles. The minimum atomic E-state index is 0.0533. The molecule has 0 aromatic carbocycles. The smallest absolute Gasteiger partial charge is 0.225 e. The van der Waals surface area contributed by atoms with E-state index in [4.69, 9.17) is 0 Å². The number of carbonyl (C=O) groups is 1. The van der Waals surface area contributed by atoms with Gasteiger partial charge in [0.15, 0.2) is 5.82 Å². The Morgan fingerprint density at radius 3 is 2.87 bits per heavy atom. The molecule has 1 aromatic heterocycles. The molecular weight excluding hydrogens is 190 g/mol. The Labute approximate surface area is 90.5 Å². The van der Waals surface area contributed by atoms with Crippen LogP contribution in [0.5, 0.6) is 0 Å². The number of carbonyl (C=O) groups excluding carboxylic acids is 1. The van der Waals surface area contributed by atoms with Crippen molar-refractivity contribution >= 4 is 11.7 Å². The van der Waals surface area contributed by atoms with E-state index in [0.717, 1.165) is 31.4 Å². The summed E-state index contributed by atoms with van der Waals surface area (Å²) < 4.78 is 0. The number of H-pyrrole nitrogens is 1. The van der Waals surface area contributed by atoms with Crippen molar-refractivity contribution in [2.24, 2.45) is 0 Å². The van der Waals surface area contributed by atoms with Gasteiger partial charge in [-0.3, -0.25) is 9.89 Å². The second kappa shape index (κ2) is 6.22. The van der Waals surface area contributed by atoms with Gasteiger partial charge < -0.3 is 5.32 Å². The standard InChI is InChI=1S/C11H19N3O/c1-3-5-6-7-11(15)12-10-8-9(4-2)13-14-10/h8H,3-7H2,1-2H3,(H2,12,13,14,15). The van der Waals surface area contributed by atoms with E-state index in [9.17, 15) is 4.79 Å². The van der Waals surface area contributed by atoms with Crippen LogP contribution < -0.4 is 5.32 Å². The van der Waals surface area contributed by atoms with Crippen molar-refractivity contribution in [3.05, 3.63) is 11.8 Å². The lowest BCUT2D eigenvalue weighted by Crippen LogP contribution is -2.11. The number of unbranched alkanes of at least 4 members (excludes halogenated alkanes) is 2. The maximum atomic E-state index is 11.4. The van der Waals surface area contributed by atoms with Gasteiger partial charge in [-0.1, -0.05) is 26.7 Å². The van der Waals surface area contributed by atoms with Crippen LogP contribution in [0.4, 0.5) is 5.82 Å². The molecular formula is C11H19N3O. The van der Waals surface area contributed by atoms with Gasteiger partial charge in [0.05, 0.1) is 0 Å². The Kier molecular flexibility index (Phi) is 4.87. The SMILES string of the molecule is CCCCCC(=O)Nc1cc(CC)[nH]n1. The number of hydrogen-bond donors (Lipinski definition) is 2. The van der Waals surface area contributed by atoms with Crippen LogP contribution in [-0.4, -0.2) is 16.1 Å². The van der Waals surface area contributed by atoms with Crippen molar-refractivity contribution in [2.75, 3.05) is 5.32 Å². The van der Waals surface area contributed by atoms with Gasteiger partial charge >= 0.3 is 0 Å². The zero-order valence-corrected chi connectivity index (χ0v) is 9.47. The Morgan fingerprint density at radius 2 is 2.27 bits per heavy atom. The fraction of sp³-hybridized carbons (Fsp3) is 0.636. The first kappa shape index (κ1) is 11.8. The maximum Gasteiger partial charge on any atom is 0.225 e. The summed E-state index contributed by atoms with van der Waals surface area (Å²) >= 11 is 0. The topological polar surface area (TPSA) is 57.8 Å². The number of amides is 1. The van der Waals surface area contributed by atoms with Gasteiger partial charge in [-0.25, -0.2) is 0 Å². The molecule has 0 aliphatic heterocycles. The summed E-state index contributed by atoms with van der Waals surface area (Å²) in [5, 5.41) is 9.64. The zero-order chi connectivity index (χ0) is 11.1. The van der Waals surface area contributed by atoms with Gasteiger partial charge in [-0.2, -0.15) is 5.10 Å². The fourth-order valence-electron chi connectivity index (χ4n) is 1.35. The molecule has 1 heterocycles. The van der Waals surface area contributed by atoms with Crippen molar-refractivity contribution in [1.29, 1.82) is 0 Å². The Hall–Kier alpha value is -1.32. The zero-order valence-electron chi connectivity index (χ0n) is 9.47. The third-order valence-electron chi connectivity index (χ3n) is 2.29. The van der Waals surface area contributed by atoms with Gasteiger partial charge in [0.2, 0.25) is 5.91 Å². The van der Waals surface area contributed by atoms with Crippen LogP contribution in [0, 0.1) is 0 Å². The summed E-state index contributed by atoms with van der Waals surface area (Å²) in [6, 6.07) is 1.87. The molecule has 0 fully saturated rings. The Balaban J connectivity index is 2.31. The molecule has 15 heavy (non-hydrogen) atoms. The van der Waals surface area contributed by atoms with Gasteiger partial charge in [0.1, 0.15) is 0 Å². The number of aryl methyl sites for hydroxylation is 1. The number of rotatable bonds is 6. The Morgan fingerprint density at radius 1 is 1.47 bits per heavy atom. The van der Waals surface area contributed by atoms with Gasteiger partial charge in [0.25, 0.3) is 0 Å². The van der Waals surface area contributed by atoms with Crippen LogP contribution >= 0.6 is 0 Å². The minimum Gasteiger partial charge on any atom is -0.309 e. The molecule has 0 saturated carbocycles. The van der Waals surface area contributed by atoms with Crippen LogP contribution in [0.25, 0.3) is 0 Å². The Bertz CT molecular complexity index is 307. The molecule has 4 nitrogen and oxygen atoms in total. The lowest BCUT2D eigenvalue weighted by molar-refractivity contribution is -0.116. The summed E-state index contributed by atoms with van der Waals surface area (Å²) in [4.78, 5) is 11.4. The summed E-state index contributed by atoms with van der Waals surface area (Å²) in [5.41, 5.74) is 1.04. The molecule has 4 heteroatoms. The summed E-state index contributed by atoms with van der Waals surface area (Å²) in [6.07, 6.45) is 4.68. The van der Waals surface area contributed by atoms with Crippen LogP contribution in [0.1, 0.15) is 45.2 Å². The molecule has 0 bridgehead atoms. The number of nitrogens with one attached hydrogen (secondary N) is 2. The minimum absolute atomic E-state index is 0.0533. The largest absolute Gasteiger partial charge is 0.309 e. The molecule has 2 N–H and O–H groups in total. The van der Waals surface area contributed by atoms with Gasteiger partial charge in [-0.05, 0) is 12.8 Å². The third kappa shape index (κ3) is 4.14. The van der Waals surface area contributed by atoms with E-state index < -0.39 is 0 Å². The summed E-state index contributed by atoms with van der Waals surface area (Å²) in [7, 11) is 0. The predicted molar refractivity (Wildman–Crippen MR) is 60.7 cm³/mol. The lowest BCUT2D eigenvalue weighted by Gasteiger charge is -2.00. The first-order valence-corrected chi connectivity index (χ1v) is 5.60. The van der Waals surface area contributed by atoms with Crippen molar-refractivity contribution in [1.82, 2.24) is 10.2 Å². The highest BCUT2D eigenvalue weighted by molar-refractivity contribution is 5.89. The highest BCUT2D eigenvalue weighted by Gasteiger charge is 2.04. The van der Waals surface area contributed by atoms with Crippen molar-refractivity contribution in [3.63, 3.8) is 0 Å². The lowest BCUT2D eigenvalue weighted by atomic mass is 10.2. The average Bonchev–Trinajstić information content (AvgIpc) is 2.66. The normalized spacial score (nSPS) is 10.3. The van der Waals surface area contributed by atoms with Crippen LogP contribution in [0.3, 0.4) is 0 Å². The molecule has 1 rings (SSSR count). The predicted octanol–water partition coefficient (Wildman–Crippen LogP) is 2.49. The number of aromatic nitrogens is 2. The van der Waals surface area contributed by atoms with Crippen LogP contribution in [0.15, 0.2) is 6.07 Å². The maximum absolute atomic E-state index is 11.4. The number of hydrogen-bond acceptors (Lipinski definition) is 2. The van der Waals surface area contributed by atoms with Crippen molar-refractivity contribution in [3.8, 4) is 0 Å². The highest BCUT2D eigenvalue weighted by Crippen LogP contribution is 2.07.